The van der Waals surface area contributed by atoms with Gasteiger partial charge in [0, 0.05) is 11.3 Å². The number of nitrogens with zero attached hydrogens (tertiary/aromatic N) is 1. The average Bonchev–Trinajstić information content (AvgIpc) is 3.14. The third-order valence-electron chi connectivity index (χ3n) is 4.46. The molecule has 6 heteroatoms. The molecule has 3 rings (SSSR count). The molecule has 3 aromatic rings. The summed E-state index contributed by atoms with van der Waals surface area (Å²) in [6.45, 7) is 5.82. The Labute approximate surface area is 158 Å². The monoisotopic (exact) mass is 362 g/mol. The normalized spacial score (nSPS) is 10.5. The van der Waals surface area contributed by atoms with E-state index in [1.54, 1.807) is 6.07 Å². The van der Waals surface area contributed by atoms with Gasteiger partial charge in [-0.15, -0.1) is 0 Å². The van der Waals surface area contributed by atoms with Crippen LogP contribution in [-0.4, -0.2) is 28.6 Å². The SMILES string of the molecule is Cc1ccc(-c2cc(C(=O)NCC(=O)Nc3cccc(C)c3C)[nH]n2)cc1. The second-order valence-corrected chi connectivity index (χ2v) is 6.51. The van der Waals surface area contributed by atoms with Gasteiger partial charge >= 0.3 is 0 Å². The van der Waals surface area contributed by atoms with Crippen LogP contribution in [0, 0.1) is 20.8 Å². The Morgan fingerprint density at radius 3 is 2.52 bits per heavy atom. The van der Waals surface area contributed by atoms with Gasteiger partial charge in [0.2, 0.25) is 5.91 Å². The maximum absolute atomic E-state index is 12.3. The number of carbonyl (C=O) groups is 2. The molecule has 3 N–H and O–H groups in total. The van der Waals surface area contributed by atoms with Crippen molar-refractivity contribution in [1.29, 1.82) is 0 Å². The van der Waals surface area contributed by atoms with E-state index < -0.39 is 0 Å². The fourth-order valence-electron chi connectivity index (χ4n) is 2.65. The van der Waals surface area contributed by atoms with Crippen LogP contribution in [-0.2, 0) is 4.79 Å². The number of amides is 2. The highest BCUT2D eigenvalue weighted by molar-refractivity contribution is 5.99. The smallest absolute Gasteiger partial charge is 0.269 e. The third kappa shape index (κ3) is 4.41. The van der Waals surface area contributed by atoms with Gasteiger partial charge in [-0.25, -0.2) is 0 Å². The zero-order chi connectivity index (χ0) is 19.4. The number of nitrogens with one attached hydrogen (secondary N) is 3. The summed E-state index contributed by atoms with van der Waals surface area (Å²) in [6, 6.07) is 15.2. The number of carbonyl (C=O) groups excluding carboxylic acids is 2. The quantitative estimate of drug-likeness (QED) is 0.650. The molecule has 2 aromatic carbocycles. The molecule has 0 atom stereocenters. The van der Waals surface area contributed by atoms with Crippen molar-refractivity contribution in [3.63, 3.8) is 0 Å². The Hall–Kier alpha value is -3.41. The molecule has 0 aliphatic rings. The van der Waals surface area contributed by atoms with Crippen LogP contribution >= 0.6 is 0 Å². The van der Waals surface area contributed by atoms with Gasteiger partial charge in [-0.1, -0.05) is 42.0 Å². The summed E-state index contributed by atoms with van der Waals surface area (Å²) in [4.78, 5) is 24.4. The minimum atomic E-state index is -0.378. The van der Waals surface area contributed by atoms with Crippen LogP contribution in [0.5, 0.6) is 0 Å². The Morgan fingerprint density at radius 2 is 1.78 bits per heavy atom. The van der Waals surface area contributed by atoms with Crippen LogP contribution in [0.4, 0.5) is 5.69 Å². The molecule has 0 aliphatic carbocycles. The Bertz CT molecular complexity index is 974. The van der Waals surface area contributed by atoms with E-state index in [9.17, 15) is 9.59 Å². The summed E-state index contributed by atoms with van der Waals surface area (Å²) >= 11 is 0. The lowest BCUT2D eigenvalue weighted by Crippen LogP contribution is -2.33. The average molecular weight is 362 g/mol. The lowest BCUT2D eigenvalue weighted by Gasteiger charge is -2.10. The van der Waals surface area contributed by atoms with Crippen LogP contribution in [0.2, 0.25) is 0 Å². The largest absolute Gasteiger partial charge is 0.342 e. The number of rotatable bonds is 5. The minimum Gasteiger partial charge on any atom is -0.342 e. The molecule has 0 radical (unpaired) electrons. The second kappa shape index (κ2) is 7.86. The number of hydrogen-bond donors (Lipinski definition) is 3. The standard InChI is InChI=1S/C21H22N4O2/c1-13-7-9-16(10-8-13)18-11-19(25-24-18)21(27)22-12-20(26)23-17-6-4-5-14(2)15(17)3/h4-11H,12H2,1-3H3,(H,22,27)(H,23,26)(H,24,25). The van der Waals surface area contributed by atoms with E-state index in [1.165, 1.54) is 0 Å². The molecule has 0 bridgehead atoms. The molecule has 0 unspecified atom stereocenters. The van der Waals surface area contributed by atoms with Crippen molar-refractivity contribution >= 4 is 17.5 Å². The first-order valence-corrected chi connectivity index (χ1v) is 8.71. The first-order valence-electron chi connectivity index (χ1n) is 8.71. The van der Waals surface area contributed by atoms with Gasteiger partial charge in [0.15, 0.2) is 0 Å². The molecular formula is C21H22N4O2. The zero-order valence-corrected chi connectivity index (χ0v) is 15.6. The van der Waals surface area contributed by atoms with Crippen molar-refractivity contribution in [2.24, 2.45) is 0 Å². The highest BCUT2D eigenvalue weighted by atomic mass is 16.2. The van der Waals surface area contributed by atoms with Crippen molar-refractivity contribution in [2.75, 3.05) is 11.9 Å². The molecule has 27 heavy (non-hydrogen) atoms. The van der Waals surface area contributed by atoms with Crippen molar-refractivity contribution in [2.45, 2.75) is 20.8 Å². The first kappa shape index (κ1) is 18.4. The van der Waals surface area contributed by atoms with Gasteiger partial charge in [0.25, 0.3) is 5.91 Å². The Morgan fingerprint density at radius 1 is 1.04 bits per heavy atom. The van der Waals surface area contributed by atoms with Crippen LogP contribution < -0.4 is 10.6 Å². The molecule has 0 spiro atoms. The van der Waals surface area contributed by atoms with Crippen molar-refractivity contribution in [3.05, 3.63) is 70.9 Å². The highest BCUT2D eigenvalue weighted by Crippen LogP contribution is 2.19. The van der Waals surface area contributed by atoms with E-state index in [4.69, 9.17) is 0 Å². The molecule has 0 saturated carbocycles. The summed E-state index contributed by atoms with van der Waals surface area (Å²) in [5, 5.41) is 12.3. The van der Waals surface area contributed by atoms with Crippen molar-refractivity contribution in [1.82, 2.24) is 15.5 Å². The van der Waals surface area contributed by atoms with Gasteiger partial charge in [-0.3, -0.25) is 14.7 Å². The number of aromatic amines is 1. The summed E-state index contributed by atoms with van der Waals surface area (Å²) in [5.74, 6) is -0.660. The number of hydrogen-bond acceptors (Lipinski definition) is 3. The maximum Gasteiger partial charge on any atom is 0.269 e. The number of aromatic nitrogens is 2. The topological polar surface area (TPSA) is 86.9 Å². The summed E-state index contributed by atoms with van der Waals surface area (Å²) in [5.41, 5.74) is 5.92. The van der Waals surface area contributed by atoms with Crippen LogP contribution in [0.1, 0.15) is 27.2 Å². The number of aryl methyl sites for hydroxylation is 2. The van der Waals surface area contributed by atoms with E-state index >= 15 is 0 Å². The molecule has 0 saturated heterocycles. The molecule has 6 nitrogen and oxygen atoms in total. The van der Waals surface area contributed by atoms with E-state index in [1.807, 2.05) is 63.2 Å². The van der Waals surface area contributed by atoms with Gasteiger partial charge < -0.3 is 10.6 Å². The van der Waals surface area contributed by atoms with E-state index in [2.05, 4.69) is 20.8 Å². The fraction of sp³-hybridized carbons (Fsp3) is 0.190. The van der Waals surface area contributed by atoms with E-state index in [-0.39, 0.29) is 18.4 Å². The Kier molecular flexibility index (Phi) is 5.35. The zero-order valence-electron chi connectivity index (χ0n) is 15.6. The molecule has 2 amide bonds. The van der Waals surface area contributed by atoms with Gasteiger partial charge in [-0.2, -0.15) is 5.10 Å². The van der Waals surface area contributed by atoms with E-state index in [0.29, 0.717) is 11.4 Å². The number of H-pyrrole nitrogens is 1. The number of anilines is 1. The molecule has 138 valence electrons. The van der Waals surface area contributed by atoms with Crippen LogP contribution in [0.15, 0.2) is 48.5 Å². The van der Waals surface area contributed by atoms with Gasteiger partial charge in [0.05, 0.1) is 12.2 Å². The summed E-state index contributed by atoms with van der Waals surface area (Å²) < 4.78 is 0. The van der Waals surface area contributed by atoms with Gasteiger partial charge in [-0.05, 0) is 44.0 Å². The molecule has 0 aliphatic heterocycles. The van der Waals surface area contributed by atoms with Crippen LogP contribution in [0.3, 0.4) is 0 Å². The summed E-state index contributed by atoms with van der Waals surface area (Å²) in [6.07, 6.45) is 0. The highest BCUT2D eigenvalue weighted by Gasteiger charge is 2.13. The summed E-state index contributed by atoms with van der Waals surface area (Å²) in [7, 11) is 0. The lowest BCUT2D eigenvalue weighted by atomic mass is 10.1. The maximum atomic E-state index is 12.3. The molecule has 1 aromatic heterocycles. The fourth-order valence-corrected chi connectivity index (χ4v) is 2.65. The van der Waals surface area contributed by atoms with Crippen molar-refractivity contribution < 1.29 is 9.59 Å². The molecule has 0 fully saturated rings. The minimum absolute atomic E-state index is 0.120. The molecular weight excluding hydrogens is 340 g/mol. The first-order chi connectivity index (χ1) is 12.9. The van der Waals surface area contributed by atoms with Gasteiger partial charge in [0.1, 0.15) is 5.69 Å². The Balaban J connectivity index is 1.58. The predicted octanol–water partition coefficient (Wildman–Crippen LogP) is 3.37. The predicted molar refractivity (Wildman–Crippen MR) is 106 cm³/mol. The number of benzene rings is 2. The van der Waals surface area contributed by atoms with Crippen molar-refractivity contribution in [3.8, 4) is 11.3 Å². The third-order valence-corrected chi connectivity index (χ3v) is 4.46. The lowest BCUT2D eigenvalue weighted by molar-refractivity contribution is -0.115. The van der Waals surface area contributed by atoms with Crippen LogP contribution in [0.25, 0.3) is 11.3 Å². The van der Waals surface area contributed by atoms with E-state index in [0.717, 1.165) is 27.9 Å². The molecule has 1 heterocycles. The second-order valence-electron chi connectivity index (χ2n) is 6.51.